The summed E-state index contributed by atoms with van der Waals surface area (Å²) in [6, 6.07) is 9.87. The maximum atomic E-state index is 12.7. The maximum Gasteiger partial charge on any atom is 0.246 e. The zero-order chi connectivity index (χ0) is 19.4. The molecule has 2 N–H and O–H groups in total. The number of hydrogen-bond acceptors (Lipinski definition) is 2. The lowest BCUT2D eigenvalue weighted by Crippen LogP contribution is -2.46. The zero-order valence-electron chi connectivity index (χ0n) is 15.4. The van der Waals surface area contributed by atoms with Gasteiger partial charge in [-0.05, 0) is 30.5 Å². The number of anilines is 1. The highest BCUT2D eigenvalue weighted by Crippen LogP contribution is 2.26. The first-order chi connectivity index (χ1) is 13.0. The first kappa shape index (κ1) is 19.6. The van der Waals surface area contributed by atoms with Gasteiger partial charge in [0.1, 0.15) is 5.15 Å². The fourth-order valence-corrected chi connectivity index (χ4v) is 3.62. The molecular formula is C19H23Cl2N5O. The van der Waals surface area contributed by atoms with Gasteiger partial charge in [0.25, 0.3) is 0 Å². The number of amides is 1. The van der Waals surface area contributed by atoms with E-state index in [9.17, 15) is 4.79 Å². The molecule has 2 aromatic rings. The molecule has 2 heterocycles. The number of para-hydroxylation sites is 1. The molecule has 1 amide bonds. The first-order valence-electron chi connectivity index (χ1n) is 8.83. The minimum atomic E-state index is 0.0232. The third kappa shape index (κ3) is 4.39. The molecule has 0 atom stereocenters. The van der Waals surface area contributed by atoms with Crippen LogP contribution < -0.4 is 15.5 Å². The molecule has 27 heavy (non-hydrogen) atoms. The number of aliphatic imine (C=N–C) groups is 1. The van der Waals surface area contributed by atoms with E-state index in [1.165, 1.54) is 5.56 Å². The van der Waals surface area contributed by atoms with Gasteiger partial charge < -0.3 is 20.1 Å². The highest BCUT2D eigenvalue weighted by molar-refractivity contribution is 6.41. The molecule has 1 aliphatic heterocycles. The number of guanidine groups is 1. The third-order valence-corrected chi connectivity index (χ3v) is 5.54. The number of hydrogen-bond donors (Lipinski definition) is 2. The van der Waals surface area contributed by atoms with Crippen LogP contribution in [0.4, 0.5) is 5.69 Å². The number of carbonyl (C=O) groups is 1. The molecule has 0 saturated carbocycles. The minimum Gasteiger partial charge on any atom is -0.351 e. The summed E-state index contributed by atoms with van der Waals surface area (Å²) < 4.78 is 1.81. The number of fused-ring (bicyclic) bond motifs is 1. The quantitative estimate of drug-likeness (QED) is 0.604. The first-order valence-corrected chi connectivity index (χ1v) is 9.59. The van der Waals surface area contributed by atoms with Crippen molar-refractivity contribution in [3.8, 4) is 0 Å². The van der Waals surface area contributed by atoms with Gasteiger partial charge in [0.05, 0.1) is 18.1 Å². The monoisotopic (exact) mass is 407 g/mol. The maximum absolute atomic E-state index is 12.7. The van der Waals surface area contributed by atoms with E-state index in [1.807, 2.05) is 30.1 Å². The van der Waals surface area contributed by atoms with Crippen LogP contribution in [0.3, 0.4) is 0 Å². The summed E-state index contributed by atoms with van der Waals surface area (Å²) in [5.74, 6) is 0.567. The van der Waals surface area contributed by atoms with Gasteiger partial charge in [-0.1, -0.05) is 41.4 Å². The van der Waals surface area contributed by atoms with Crippen molar-refractivity contribution in [2.45, 2.75) is 19.4 Å². The van der Waals surface area contributed by atoms with E-state index >= 15 is 0 Å². The molecule has 8 heteroatoms. The van der Waals surface area contributed by atoms with Crippen LogP contribution >= 0.6 is 23.2 Å². The van der Waals surface area contributed by atoms with Crippen molar-refractivity contribution in [2.24, 2.45) is 12.0 Å². The van der Waals surface area contributed by atoms with Gasteiger partial charge in [-0.25, -0.2) is 0 Å². The summed E-state index contributed by atoms with van der Waals surface area (Å²) in [5, 5.41) is 7.26. The topological polar surface area (TPSA) is 61.7 Å². The SMILES string of the molecule is CN=C(NCC(=O)N1CCCc2ccccc21)NCc1cc(Cl)c(Cl)n1C. The van der Waals surface area contributed by atoms with Gasteiger partial charge >= 0.3 is 0 Å². The van der Waals surface area contributed by atoms with Crippen LogP contribution in [-0.2, 0) is 24.8 Å². The van der Waals surface area contributed by atoms with E-state index < -0.39 is 0 Å². The minimum absolute atomic E-state index is 0.0232. The zero-order valence-corrected chi connectivity index (χ0v) is 16.9. The molecule has 144 valence electrons. The van der Waals surface area contributed by atoms with Gasteiger partial charge in [-0.3, -0.25) is 9.79 Å². The van der Waals surface area contributed by atoms with E-state index in [-0.39, 0.29) is 12.5 Å². The molecule has 0 fully saturated rings. The van der Waals surface area contributed by atoms with Crippen LogP contribution in [0.1, 0.15) is 17.7 Å². The Morgan fingerprint density at radius 1 is 1.26 bits per heavy atom. The van der Waals surface area contributed by atoms with Crippen molar-refractivity contribution in [1.29, 1.82) is 0 Å². The fraction of sp³-hybridized carbons (Fsp3) is 0.368. The molecule has 0 bridgehead atoms. The Kier molecular flexibility index (Phi) is 6.29. The Hall–Kier alpha value is -2.18. The van der Waals surface area contributed by atoms with Crippen molar-refractivity contribution in [3.05, 3.63) is 51.8 Å². The number of benzene rings is 1. The Morgan fingerprint density at radius 2 is 2.04 bits per heavy atom. The van der Waals surface area contributed by atoms with Crippen LogP contribution in [0, 0.1) is 0 Å². The highest BCUT2D eigenvalue weighted by Gasteiger charge is 2.22. The number of nitrogens with zero attached hydrogens (tertiary/aromatic N) is 3. The van der Waals surface area contributed by atoms with E-state index in [1.54, 1.807) is 17.7 Å². The molecule has 1 aromatic carbocycles. The van der Waals surface area contributed by atoms with Gasteiger partial charge in [0, 0.05) is 32.0 Å². The summed E-state index contributed by atoms with van der Waals surface area (Å²) in [7, 11) is 3.51. The molecule has 6 nitrogen and oxygen atoms in total. The van der Waals surface area contributed by atoms with Crippen molar-refractivity contribution in [3.63, 3.8) is 0 Å². The Bertz CT molecular complexity index is 862. The summed E-state index contributed by atoms with van der Waals surface area (Å²) in [4.78, 5) is 18.7. The van der Waals surface area contributed by atoms with E-state index in [4.69, 9.17) is 23.2 Å². The Morgan fingerprint density at radius 3 is 2.74 bits per heavy atom. The van der Waals surface area contributed by atoms with Gasteiger partial charge in [-0.2, -0.15) is 0 Å². The van der Waals surface area contributed by atoms with Gasteiger partial charge in [0.15, 0.2) is 5.96 Å². The van der Waals surface area contributed by atoms with E-state index in [0.29, 0.717) is 22.7 Å². The lowest BCUT2D eigenvalue weighted by molar-refractivity contribution is -0.117. The summed E-state index contributed by atoms with van der Waals surface area (Å²) in [6.45, 7) is 1.40. The summed E-state index contributed by atoms with van der Waals surface area (Å²) in [6.07, 6.45) is 1.99. The van der Waals surface area contributed by atoms with Crippen molar-refractivity contribution in [2.75, 3.05) is 25.0 Å². The van der Waals surface area contributed by atoms with Crippen LogP contribution in [0.25, 0.3) is 0 Å². The Labute approximate surface area is 169 Å². The molecular weight excluding hydrogens is 385 g/mol. The molecule has 1 aliphatic rings. The number of halogens is 2. The normalized spacial score (nSPS) is 14.1. The molecule has 0 aliphatic carbocycles. The number of aryl methyl sites for hydroxylation is 1. The van der Waals surface area contributed by atoms with Crippen molar-refractivity contribution < 1.29 is 4.79 Å². The van der Waals surface area contributed by atoms with Gasteiger partial charge in [0.2, 0.25) is 5.91 Å². The second-order valence-electron chi connectivity index (χ2n) is 6.39. The van der Waals surface area contributed by atoms with Crippen molar-refractivity contribution >= 4 is 40.8 Å². The molecule has 0 unspecified atom stereocenters. The smallest absolute Gasteiger partial charge is 0.246 e. The highest BCUT2D eigenvalue weighted by atomic mass is 35.5. The molecule has 0 radical (unpaired) electrons. The van der Waals surface area contributed by atoms with Crippen LogP contribution in [0.2, 0.25) is 10.2 Å². The summed E-state index contributed by atoms with van der Waals surface area (Å²) in [5.41, 5.74) is 3.15. The fourth-order valence-electron chi connectivity index (χ4n) is 3.20. The standard InChI is InChI=1S/C19H23Cl2N5O/c1-22-19(23-11-14-10-15(20)18(21)25(14)2)24-12-17(27)26-9-5-7-13-6-3-4-8-16(13)26/h3-4,6,8,10H,5,7,9,11-12H2,1-2H3,(H2,22,23,24). The average Bonchev–Trinajstić information content (AvgIpc) is 2.94. The second-order valence-corrected chi connectivity index (χ2v) is 7.16. The Balaban J connectivity index is 1.57. The van der Waals surface area contributed by atoms with E-state index in [2.05, 4.69) is 21.7 Å². The largest absolute Gasteiger partial charge is 0.351 e. The van der Waals surface area contributed by atoms with Crippen LogP contribution in [0.15, 0.2) is 35.3 Å². The lowest BCUT2D eigenvalue weighted by atomic mass is 10.0. The number of nitrogens with one attached hydrogen (secondary N) is 2. The van der Waals surface area contributed by atoms with Crippen LogP contribution in [0.5, 0.6) is 0 Å². The van der Waals surface area contributed by atoms with Crippen LogP contribution in [-0.4, -0.2) is 36.6 Å². The number of aromatic nitrogens is 1. The van der Waals surface area contributed by atoms with E-state index in [0.717, 1.165) is 30.8 Å². The molecule has 1 aromatic heterocycles. The summed E-state index contributed by atoms with van der Waals surface area (Å²) >= 11 is 12.1. The molecule has 3 rings (SSSR count). The predicted molar refractivity (Wildman–Crippen MR) is 111 cm³/mol. The lowest BCUT2D eigenvalue weighted by Gasteiger charge is -2.29. The third-order valence-electron chi connectivity index (χ3n) is 4.69. The van der Waals surface area contributed by atoms with Gasteiger partial charge in [-0.15, -0.1) is 0 Å². The second kappa shape index (κ2) is 8.67. The number of rotatable bonds is 4. The number of carbonyl (C=O) groups excluding carboxylic acids is 1. The molecule has 0 saturated heterocycles. The predicted octanol–water partition coefficient (Wildman–Crippen LogP) is 2.98. The average molecular weight is 408 g/mol. The molecule has 0 spiro atoms. The van der Waals surface area contributed by atoms with Crippen molar-refractivity contribution in [1.82, 2.24) is 15.2 Å².